The van der Waals surface area contributed by atoms with Gasteiger partial charge in [0.05, 0.1) is 23.6 Å². The number of carbonyl (C=O) groups excluding carboxylic acids is 1. The van der Waals surface area contributed by atoms with Gasteiger partial charge >= 0.3 is 0 Å². The van der Waals surface area contributed by atoms with Crippen molar-refractivity contribution in [3.63, 3.8) is 0 Å². The molecule has 7 nitrogen and oxygen atoms in total. The highest BCUT2D eigenvalue weighted by molar-refractivity contribution is 7.90. The Morgan fingerprint density at radius 2 is 1.95 bits per heavy atom. The number of rotatable bonds is 0. The highest BCUT2D eigenvalue weighted by Crippen LogP contribution is 2.46. The number of benzene rings is 2. The molecule has 2 unspecified atom stereocenters. The standard InChI is InChI=1S/C31H37ClN2O5S/c1-19-5-11-28(35)25-9-6-23(25)16-34-17-31(13-3-4-21-14-24(32)8-10-26(21)31)18-39-29-12-7-22(15-27(29)34)30(36)33-40(37,38)20(19)2/h5,7-8,10-12,14-15,19-20,23,25,28,35H,3-4,6,9,13,16-18H2,1-2H3,(H,33,36)/b11-5+/t19-,20+,23?,25?,28-,31-/m0/s1. The van der Waals surface area contributed by atoms with E-state index in [1.165, 1.54) is 11.1 Å². The number of aliphatic hydroxyl groups is 1. The molecular formula is C31H37ClN2O5S. The first-order chi connectivity index (χ1) is 19.1. The number of anilines is 1. The fraction of sp³-hybridized carbons (Fsp3) is 0.516. The minimum Gasteiger partial charge on any atom is -0.490 e. The van der Waals surface area contributed by atoms with Crippen molar-refractivity contribution >= 4 is 33.2 Å². The van der Waals surface area contributed by atoms with Gasteiger partial charge < -0.3 is 14.7 Å². The van der Waals surface area contributed by atoms with Gasteiger partial charge in [0.1, 0.15) is 5.75 Å². The number of amides is 1. The molecule has 2 aliphatic heterocycles. The summed E-state index contributed by atoms with van der Waals surface area (Å²) in [5, 5.41) is 11.0. The average Bonchev–Trinajstić information content (AvgIpc) is 3.05. The van der Waals surface area contributed by atoms with Crippen LogP contribution in [-0.2, 0) is 21.9 Å². The van der Waals surface area contributed by atoms with E-state index < -0.39 is 27.3 Å². The van der Waals surface area contributed by atoms with Crippen LogP contribution in [0.15, 0.2) is 48.6 Å². The molecule has 9 heteroatoms. The molecule has 2 N–H and O–H groups in total. The Balaban J connectivity index is 1.44. The number of nitrogens with one attached hydrogen (secondary N) is 1. The second kappa shape index (κ2) is 10.4. The molecule has 6 atom stereocenters. The molecule has 0 radical (unpaired) electrons. The van der Waals surface area contributed by atoms with Crippen molar-refractivity contribution in [2.45, 2.75) is 62.7 Å². The van der Waals surface area contributed by atoms with Gasteiger partial charge in [-0.05, 0) is 98.2 Å². The first kappa shape index (κ1) is 27.6. The number of halogens is 1. The smallest absolute Gasteiger partial charge is 0.264 e. The van der Waals surface area contributed by atoms with Crippen LogP contribution in [0, 0.1) is 17.8 Å². The summed E-state index contributed by atoms with van der Waals surface area (Å²) < 4.78 is 35.0. The molecule has 1 spiro atoms. The molecule has 2 bridgehead atoms. The summed E-state index contributed by atoms with van der Waals surface area (Å²) in [6.07, 6.45) is 7.75. The zero-order chi connectivity index (χ0) is 28.2. The van der Waals surface area contributed by atoms with Crippen LogP contribution in [-0.4, -0.2) is 50.5 Å². The van der Waals surface area contributed by atoms with Crippen molar-refractivity contribution in [2.24, 2.45) is 17.8 Å². The van der Waals surface area contributed by atoms with Crippen LogP contribution >= 0.6 is 11.6 Å². The number of nitrogens with zero attached hydrogens (tertiary/aromatic N) is 1. The van der Waals surface area contributed by atoms with Gasteiger partial charge in [0.2, 0.25) is 10.0 Å². The average molecular weight is 585 g/mol. The minimum atomic E-state index is -3.95. The number of aryl methyl sites for hydroxylation is 1. The summed E-state index contributed by atoms with van der Waals surface area (Å²) >= 11 is 6.37. The fourth-order valence-corrected chi connectivity index (χ4v) is 8.37. The Morgan fingerprint density at radius 3 is 2.73 bits per heavy atom. The summed E-state index contributed by atoms with van der Waals surface area (Å²) in [5.41, 5.74) is 3.32. The predicted octanol–water partition coefficient (Wildman–Crippen LogP) is 4.85. The van der Waals surface area contributed by atoms with E-state index in [4.69, 9.17) is 16.3 Å². The molecule has 0 aromatic heterocycles. The third kappa shape index (κ3) is 4.92. The maximum Gasteiger partial charge on any atom is 0.264 e. The Hall–Kier alpha value is -2.55. The van der Waals surface area contributed by atoms with Crippen molar-refractivity contribution in [2.75, 3.05) is 24.6 Å². The first-order valence-corrected chi connectivity index (χ1v) is 16.2. The summed E-state index contributed by atoms with van der Waals surface area (Å²) in [6, 6.07) is 11.3. The van der Waals surface area contributed by atoms with Crippen LogP contribution in [0.5, 0.6) is 5.75 Å². The van der Waals surface area contributed by atoms with E-state index >= 15 is 0 Å². The van der Waals surface area contributed by atoms with Gasteiger partial charge in [0.25, 0.3) is 5.91 Å². The third-order valence-electron chi connectivity index (χ3n) is 9.75. The van der Waals surface area contributed by atoms with E-state index in [2.05, 4.69) is 21.8 Å². The Labute approximate surface area is 241 Å². The molecule has 214 valence electrons. The Morgan fingerprint density at radius 1 is 1.12 bits per heavy atom. The van der Waals surface area contributed by atoms with Crippen molar-refractivity contribution in [3.05, 3.63) is 70.3 Å². The molecule has 0 saturated heterocycles. The number of aliphatic hydroxyl groups excluding tert-OH is 1. The molecular weight excluding hydrogens is 548 g/mol. The van der Waals surface area contributed by atoms with Crippen LogP contribution in [0.2, 0.25) is 5.02 Å². The molecule has 40 heavy (non-hydrogen) atoms. The van der Waals surface area contributed by atoms with Crippen molar-refractivity contribution in [1.29, 1.82) is 0 Å². The number of hydrogen-bond acceptors (Lipinski definition) is 6. The van der Waals surface area contributed by atoms with E-state index in [1.807, 2.05) is 6.07 Å². The molecule has 2 aliphatic carbocycles. The third-order valence-corrected chi connectivity index (χ3v) is 11.9. The quantitative estimate of drug-likeness (QED) is 0.430. The van der Waals surface area contributed by atoms with E-state index in [-0.39, 0.29) is 28.7 Å². The van der Waals surface area contributed by atoms with Gasteiger partial charge in [-0.3, -0.25) is 4.79 Å². The van der Waals surface area contributed by atoms with Gasteiger partial charge in [-0.1, -0.05) is 36.7 Å². The lowest BCUT2D eigenvalue weighted by Crippen LogP contribution is -2.49. The predicted molar refractivity (Wildman–Crippen MR) is 157 cm³/mol. The van der Waals surface area contributed by atoms with Crippen molar-refractivity contribution < 1.29 is 23.1 Å². The molecule has 1 amide bonds. The van der Waals surface area contributed by atoms with Crippen LogP contribution in [0.3, 0.4) is 0 Å². The first-order valence-electron chi connectivity index (χ1n) is 14.3. The maximum atomic E-state index is 13.2. The number of ether oxygens (including phenoxy) is 1. The molecule has 6 rings (SSSR count). The Kier molecular flexibility index (Phi) is 7.16. The topological polar surface area (TPSA) is 95.9 Å². The summed E-state index contributed by atoms with van der Waals surface area (Å²) in [4.78, 5) is 15.6. The molecule has 2 heterocycles. The summed E-state index contributed by atoms with van der Waals surface area (Å²) in [6.45, 7) is 5.29. The normalized spacial score (nSPS) is 34.0. The number of carbonyl (C=O) groups is 1. The Bertz CT molecular complexity index is 1460. The van der Waals surface area contributed by atoms with E-state index in [0.717, 1.165) is 42.8 Å². The van der Waals surface area contributed by atoms with Crippen LogP contribution in [0.4, 0.5) is 5.69 Å². The summed E-state index contributed by atoms with van der Waals surface area (Å²) in [5.74, 6) is -0.00460. The van der Waals surface area contributed by atoms with E-state index in [0.29, 0.717) is 25.4 Å². The van der Waals surface area contributed by atoms with Crippen molar-refractivity contribution in [1.82, 2.24) is 4.72 Å². The molecule has 1 fully saturated rings. The van der Waals surface area contributed by atoms with Gasteiger partial charge in [0.15, 0.2) is 0 Å². The number of allylic oxidation sites excluding steroid dienone is 1. The second-order valence-electron chi connectivity index (χ2n) is 12.2. The van der Waals surface area contributed by atoms with Gasteiger partial charge in [-0.15, -0.1) is 0 Å². The van der Waals surface area contributed by atoms with E-state index in [1.54, 1.807) is 44.2 Å². The number of sulfonamides is 1. The number of hydrogen-bond donors (Lipinski definition) is 2. The molecule has 2 aromatic rings. The zero-order valence-electron chi connectivity index (χ0n) is 23.0. The van der Waals surface area contributed by atoms with Crippen LogP contribution in [0.1, 0.15) is 61.0 Å². The van der Waals surface area contributed by atoms with Gasteiger partial charge in [-0.25, -0.2) is 13.1 Å². The van der Waals surface area contributed by atoms with Crippen LogP contribution < -0.4 is 14.4 Å². The monoisotopic (exact) mass is 584 g/mol. The van der Waals surface area contributed by atoms with Crippen LogP contribution in [0.25, 0.3) is 0 Å². The second-order valence-corrected chi connectivity index (χ2v) is 14.7. The molecule has 2 aromatic carbocycles. The lowest BCUT2D eigenvalue weighted by atomic mass is 9.68. The van der Waals surface area contributed by atoms with Crippen molar-refractivity contribution in [3.8, 4) is 5.75 Å². The lowest BCUT2D eigenvalue weighted by molar-refractivity contribution is 0.0454. The lowest BCUT2D eigenvalue weighted by Gasteiger charge is -2.45. The van der Waals surface area contributed by atoms with Gasteiger partial charge in [-0.2, -0.15) is 0 Å². The largest absolute Gasteiger partial charge is 0.490 e. The SMILES string of the molecule is C[C@@H]1[C@@H](C)/C=C/[C@H](O)C2CCC2CN2C[C@@]3(CCCc4cc(Cl)ccc43)COc3ccc(cc32)C(=O)NS1(=O)=O. The fourth-order valence-electron chi connectivity index (χ4n) is 6.96. The maximum absolute atomic E-state index is 13.2. The molecule has 4 aliphatic rings. The number of fused-ring (bicyclic) bond motifs is 4. The van der Waals surface area contributed by atoms with E-state index in [9.17, 15) is 18.3 Å². The highest BCUT2D eigenvalue weighted by atomic mass is 35.5. The molecule has 1 saturated carbocycles. The zero-order valence-corrected chi connectivity index (χ0v) is 24.5. The summed E-state index contributed by atoms with van der Waals surface area (Å²) in [7, 11) is -3.95. The van der Waals surface area contributed by atoms with Gasteiger partial charge in [0, 0.05) is 29.1 Å². The minimum absolute atomic E-state index is 0.0875. The highest BCUT2D eigenvalue weighted by Gasteiger charge is 2.44.